The van der Waals surface area contributed by atoms with Crippen LogP contribution >= 0.6 is 0 Å². The van der Waals surface area contributed by atoms with Gasteiger partial charge in [0.15, 0.2) is 0 Å². The average Bonchev–Trinajstić information content (AvgIpc) is 2.90. The van der Waals surface area contributed by atoms with Gasteiger partial charge >= 0.3 is 0 Å². The summed E-state index contributed by atoms with van der Waals surface area (Å²) in [4.78, 5) is 31.4. The fourth-order valence-electron chi connectivity index (χ4n) is 4.90. The Morgan fingerprint density at radius 2 is 1.63 bits per heavy atom. The van der Waals surface area contributed by atoms with Gasteiger partial charge in [-0.05, 0) is 82.5 Å². The molecule has 1 amide bonds. The molecule has 1 aliphatic rings. The lowest BCUT2D eigenvalue weighted by Gasteiger charge is -2.38. The summed E-state index contributed by atoms with van der Waals surface area (Å²) in [6, 6.07) is 16.3. The zero-order chi connectivity index (χ0) is 25.0. The first-order chi connectivity index (χ1) is 17.0. The minimum atomic E-state index is -0.428. The van der Waals surface area contributed by atoms with Gasteiger partial charge in [0, 0.05) is 17.7 Å². The Morgan fingerprint density at radius 3 is 2.23 bits per heavy atom. The number of rotatable bonds is 13. The van der Waals surface area contributed by atoms with E-state index in [1.807, 2.05) is 23.1 Å². The number of carbonyl (C=O) groups excluding carboxylic acids is 1. The minimum absolute atomic E-state index is 0.000132. The summed E-state index contributed by atoms with van der Waals surface area (Å²) >= 11 is 0. The number of nitro benzene ring substituents is 1. The van der Waals surface area contributed by atoms with Crippen LogP contribution in [0.15, 0.2) is 54.6 Å². The third-order valence-corrected chi connectivity index (χ3v) is 7.04. The third-order valence-electron chi connectivity index (χ3n) is 7.04. The van der Waals surface area contributed by atoms with E-state index in [1.165, 1.54) is 18.6 Å². The highest BCUT2D eigenvalue weighted by molar-refractivity contribution is 5.94. The Labute approximate surface area is 209 Å². The maximum atomic E-state index is 13.9. The third kappa shape index (κ3) is 7.87. The summed E-state index contributed by atoms with van der Waals surface area (Å²) < 4.78 is 0. The van der Waals surface area contributed by atoms with E-state index in [0.29, 0.717) is 12.2 Å². The van der Waals surface area contributed by atoms with E-state index >= 15 is 0 Å². The topological polar surface area (TPSA) is 69.9 Å². The Bertz CT molecular complexity index is 910. The molecule has 1 unspecified atom stereocenters. The second-order valence-electron chi connectivity index (χ2n) is 9.35. The summed E-state index contributed by atoms with van der Waals surface area (Å²) in [6.07, 6.45) is 6.55. The van der Waals surface area contributed by atoms with Crippen molar-refractivity contribution in [3.05, 3.63) is 75.8 Å². The Kier molecular flexibility index (Phi) is 10.7. The van der Waals surface area contributed by atoms with Gasteiger partial charge in [-0.25, -0.2) is 0 Å². The van der Waals surface area contributed by atoms with Crippen molar-refractivity contribution in [2.24, 2.45) is 0 Å². The maximum Gasteiger partial charge on any atom is 0.269 e. The van der Waals surface area contributed by atoms with Crippen LogP contribution in [-0.4, -0.2) is 64.9 Å². The molecule has 1 aliphatic heterocycles. The number of unbranched alkanes of at least 4 members (excludes halogenated alkanes) is 1. The van der Waals surface area contributed by atoms with Crippen molar-refractivity contribution < 1.29 is 9.72 Å². The molecule has 35 heavy (non-hydrogen) atoms. The number of hydrogen-bond donors (Lipinski definition) is 0. The standard InChI is InChI=1S/C28H40N4O3/c1-3-29(4-2)20-12-9-15-27(24-13-7-5-8-14-24)31(23-30-21-10-6-11-22-30)28(33)25-16-18-26(19-17-25)32(34)35/h5,7-8,13-14,16-19,27H,3-4,6,9-12,15,20-23H2,1-2H3. The molecule has 0 aromatic heterocycles. The average molecular weight is 481 g/mol. The number of amides is 1. The van der Waals surface area contributed by atoms with Crippen molar-refractivity contribution >= 4 is 11.6 Å². The number of carbonyl (C=O) groups is 1. The van der Waals surface area contributed by atoms with Crippen molar-refractivity contribution in [2.75, 3.05) is 39.4 Å². The summed E-state index contributed by atoms with van der Waals surface area (Å²) in [6.45, 7) is 10.1. The molecule has 2 aromatic rings. The van der Waals surface area contributed by atoms with Crippen LogP contribution in [0.5, 0.6) is 0 Å². The molecule has 3 rings (SSSR count). The van der Waals surface area contributed by atoms with Crippen LogP contribution in [0.4, 0.5) is 5.69 Å². The fourth-order valence-corrected chi connectivity index (χ4v) is 4.90. The molecular weight excluding hydrogens is 440 g/mol. The number of benzene rings is 2. The predicted molar refractivity (Wildman–Crippen MR) is 140 cm³/mol. The summed E-state index contributed by atoms with van der Waals surface area (Å²) in [5, 5.41) is 11.1. The van der Waals surface area contributed by atoms with Crippen molar-refractivity contribution in [1.82, 2.24) is 14.7 Å². The van der Waals surface area contributed by atoms with E-state index in [9.17, 15) is 14.9 Å². The minimum Gasteiger partial charge on any atom is -0.319 e. The normalized spacial score (nSPS) is 15.2. The molecule has 1 saturated heterocycles. The molecule has 2 aromatic carbocycles. The first-order valence-electron chi connectivity index (χ1n) is 13.1. The molecule has 190 valence electrons. The van der Waals surface area contributed by atoms with Crippen LogP contribution in [0, 0.1) is 10.1 Å². The first kappa shape index (κ1) is 26.8. The monoisotopic (exact) mass is 480 g/mol. The molecule has 0 bridgehead atoms. The lowest BCUT2D eigenvalue weighted by molar-refractivity contribution is -0.384. The molecule has 1 fully saturated rings. The second-order valence-corrected chi connectivity index (χ2v) is 9.35. The molecule has 0 radical (unpaired) electrons. The molecule has 0 saturated carbocycles. The van der Waals surface area contributed by atoms with Crippen molar-refractivity contribution in [1.29, 1.82) is 0 Å². The summed E-state index contributed by atoms with van der Waals surface area (Å²) in [5.74, 6) is -0.0666. The Balaban J connectivity index is 1.85. The molecule has 7 heteroatoms. The van der Waals surface area contributed by atoms with E-state index < -0.39 is 4.92 Å². The molecule has 1 atom stereocenters. The van der Waals surface area contributed by atoms with Crippen LogP contribution in [0.2, 0.25) is 0 Å². The number of likely N-dealkylation sites (tertiary alicyclic amines) is 1. The van der Waals surface area contributed by atoms with E-state index in [-0.39, 0.29) is 17.6 Å². The van der Waals surface area contributed by atoms with Crippen LogP contribution < -0.4 is 0 Å². The van der Waals surface area contributed by atoms with Crippen LogP contribution in [-0.2, 0) is 0 Å². The van der Waals surface area contributed by atoms with E-state index in [1.54, 1.807) is 12.1 Å². The van der Waals surface area contributed by atoms with E-state index in [2.05, 4.69) is 35.8 Å². The largest absolute Gasteiger partial charge is 0.319 e. The SMILES string of the molecule is CCN(CC)CCCCC(c1ccccc1)N(CN1CCCCC1)C(=O)c1ccc([N+](=O)[O-])cc1. The van der Waals surface area contributed by atoms with Gasteiger partial charge in [-0.1, -0.05) is 50.6 Å². The smallest absolute Gasteiger partial charge is 0.269 e. The number of nitrogens with zero attached hydrogens (tertiary/aromatic N) is 4. The van der Waals surface area contributed by atoms with Gasteiger partial charge in [-0.15, -0.1) is 0 Å². The van der Waals surface area contributed by atoms with Gasteiger partial charge < -0.3 is 9.80 Å². The fraction of sp³-hybridized carbons (Fsp3) is 0.536. The van der Waals surface area contributed by atoms with Gasteiger partial charge in [0.05, 0.1) is 17.6 Å². The van der Waals surface area contributed by atoms with Crippen LogP contribution in [0.1, 0.15) is 74.3 Å². The van der Waals surface area contributed by atoms with Gasteiger partial charge in [-0.2, -0.15) is 0 Å². The lowest BCUT2D eigenvalue weighted by atomic mass is 9.98. The second kappa shape index (κ2) is 14.0. The maximum absolute atomic E-state index is 13.9. The Hall–Kier alpha value is -2.77. The van der Waals surface area contributed by atoms with Gasteiger partial charge in [0.25, 0.3) is 11.6 Å². The zero-order valence-electron chi connectivity index (χ0n) is 21.3. The molecule has 1 heterocycles. The molecule has 0 spiro atoms. The number of piperidine rings is 1. The highest BCUT2D eigenvalue weighted by Crippen LogP contribution is 2.29. The van der Waals surface area contributed by atoms with Crippen LogP contribution in [0.3, 0.4) is 0 Å². The quantitative estimate of drug-likeness (QED) is 0.208. The number of hydrogen-bond acceptors (Lipinski definition) is 5. The lowest BCUT2D eigenvalue weighted by Crippen LogP contribution is -2.45. The summed E-state index contributed by atoms with van der Waals surface area (Å²) in [5.41, 5.74) is 1.64. The van der Waals surface area contributed by atoms with Gasteiger partial charge in [0.1, 0.15) is 0 Å². The van der Waals surface area contributed by atoms with Crippen molar-refractivity contribution in [3.63, 3.8) is 0 Å². The first-order valence-corrected chi connectivity index (χ1v) is 13.1. The summed E-state index contributed by atoms with van der Waals surface area (Å²) in [7, 11) is 0. The Morgan fingerprint density at radius 1 is 0.971 bits per heavy atom. The van der Waals surface area contributed by atoms with E-state index in [0.717, 1.165) is 70.4 Å². The molecule has 0 aliphatic carbocycles. The molecule has 0 N–H and O–H groups in total. The van der Waals surface area contributed by atoms with Crippen molar-refractivity contribution in [2.45, 2.75) is 58.4 Å². The molecule has 7 nitrogen and oxygen atoms in total. The van der Waals surface area contributed by atoms with Crippen molar-refractivity contribution in [3.8, 4) is 0 Å². The molecular formula is C28H40N4O3. The van der Waals surface area contributed by atoms with Crippen LogP contribution in [0.25, 0.3) is 0 Å². The van der Waals surface area contributed by atoms with Gasteiger partial charge in [0.2, 0.25) is 0 Å². The highest BCUT2D eigenvalue weighted by Gasteiger charge is 2.28. The highest BCUT2D eigenvalue weighted by atomic mass is 16.6. The predicted octanol–water partition coefficient (Wildman–Crippen LogP) is 5.73. The number of non-ortho nitro benzene ring substituents is 1. The van der Waals surface area contributed by atoms with E-state index in [4.69, 9.17) is 0 Å². The van der Waals surface area contributed by atoms with Gasteiger partial charge in [-0.3, -0.25) is 19.8 Å². The zero-order valence-corrected chi connectivity index (χ0v) is 21.3. The number of nitro groups is 1.